The topological polar surface area (TPSA) is 69.6 Å². The van der Waals surface area contributed by atoms with Gasteiger partial charge in [0, 0.05) is 12.5 Å². The molecule has 5 heteroatoms. The Balaban J connectivity index is 1.83. The summed E-state index contributed by atoms with van der Waals surface area (Å²) in [7, 11) is 1.79. The molecular formula is C14H19N5. The van der Waals surface area contributed by atoms with Crippen molar-refractivity contribution in [3.63, 3.8) is 0 Å². The lowest BCUT2D eigenvalue weighted by atomic mass is 9.89. The van der Waals surface area contributed by atoms with Gasteiger partial charge in [0.1, 0.15) is 0 Å². The van der Waals surface area contributed by atoms with Gasteiger partial charge in [-0.2, -0.15) is 4.80 Å². The quantitative estimate of drug-likeness (QED) is 0.826. The maximum absolute atomic E-state index is 6.46. The minimum absolute atomic E-state index is 0.0718. The second-order valence-corrected chi connectivity index (χ2v) is 5.28. The second-order valence-electron chi connectivity index (χ2n) is 5.28. The maximum atomic E-state index is 6.46. The average Bonchev–Trinajstić information content (AvgIpc) is 2.75. The smallest absolute Gasteiger partial charge is 0.175 e. The summed E-state index contributed by atoms with van der Waals surface area (Å²) in [6.07, 6.45) is 4.22. The van der Waals surface area contributed by atoms with E-state index in [2.05, 4.69) is 39.7 Å². The highest BCUT2D eigenvalue weighted by Gasteiger charge is 2.25. The summed E-state index contributed by atoms with van der Waals surface area (Å²) in [6.45, 7) is 0. The van der Waals surface area contributed by atoms with Crippen molar-refractivity contribution in [1.29, 1.82) is 0 Å². The van der Waals surface area contributed by atoms with Crippen LogP contribution in [-0.2, 0) is 19.9 Å². The molecular weight excluding hydrogens is 238 g/mol. The zero-order valence-corrected chi connectivity index (χ0v) is 11.2. The van der Waals surface area contributed by atoms with E-state index >= 15 is 0 Å². The third-order valence-corrected chi connectivity index (χ3v) is 3.94. The van der Waals surface area contributed by atoms with E-state index in [-0.39, 0.29) is 6.04 Å². The fourth-order valence-electron chi connectivity index (χ4n) is 2.94. The largest absolute Gasteiger partial charge is 0.324 e. The van der Waals surface area contributed by atoms with Crippen molar-refractivity contribution in [3.8, 4) is 0 Å². The summed E-state index contributed by atoms with van der Waals surface area (Å²) >= 11 is 0. The number of benzene rings is 1. The fourth-order valence-corrected chi connectivity index (χ4v) is 2.94. The van der Waals surface area contributed by atoms with Crippen LogP contribution < -0.4 is 5.73 Å². The molecule has 1 aliphatic rings. The first kappa shape index (κ1) is 12.3. The van der Waals surface area contributed by atoms with Crippen LogP contribution in [0.25, 0.3) is 0 Å². The highest BCUT2D eigenvalue weighted by molar-refractivity contribution is 5.31. The molecule has 0 fully saturated rings. The summed E-state index contributed by atoms with van der Waals surface area (Å²) in [5.41, 5.74) is 9.14. The molecule has 3 rings (SSSR count). The van der Waals surface area contributed by atoms with E-state index < -0.39 is 0 Å². The summed E-state index contributed by atoms with van der Waals surface area (Å²) in [4.78, 5) is 1.51. The first-order valence-electron chi connectivity index (χ1n) is 6.80. The number of nitrogens with zero attached hydrogens (tertiary/aromatic N) is 4. The van der Waals surface area contributed by atoms with Gasteiger partial charge >= 0.3 is 0 Å². The summed E-state index contributed by atoms with van der Waals surface area (Å²) in [6, 6.07) is 8.58. The third-order valence-electron chi connectivity index (χ3n) is 3.94. The fraction of sp³-hybridized carbons (Fsp3) is 0.500. The van der Waals surface area contributed by atoms with Crippen LogP contribution in [0.15, 0.2) is 24.3 Å². The number of rotatable bonds is 2. The number of fused-ring (bicyclic) bond motifs is 1. The van der Waals surface area contributed by atoms with Gasteiger partial charge in [-0.05, 0) is 41.5 Å². The Kier molecular flexibility index (Phi) is 3.29. The molecule has 1 heterocycles. The predicted octanol–water partition coefficient (Wildman–Crippen LogP) is 1.41. The Morgan fingerprint density at radius 2 is 2.21 bits per heavy atom. The molecule has 1 aromatic heterocycles. The van der Waals surface area contributed by atoms with Gasteiger partial charge in [0.2, 0.25) is 0 Å². The number of tetrazole rings is 1. The van der Waals surface area contributed by atoms with E-state index in [0.29, 0.717) is 5.92 Å². The Labute approximate surface area is 112 Å². The van der Waals surface area contributed by atoms with Gasteiger partial charge in [-0.1, -0.05) is 24.3 Å². The average molecular weight is 257 g/mol. The second kappa shape index (κ2) is 5.09. The number of aromatic nitrogens is 4. The Bertz CT molecular complexity index is 562. The van der Waals surface area contributed by atoms with Gasteiger partial charge in [0.15, 0.2) is 5.82 Å². The Morgan fingerprint density at radius 3 is 3.00 bits per heavy atom. The Hall–Kier alpha value is -1.75. The van der Waals surface area contributed by atoms with Crippen molar-refractivity contribution in [1.82, 2.24) is 20.2 Å². The van der Waals surface area contributed by atoms with Crippen LogP contribution in [0.1, 0.15) is 35.8 Å². The minimum atomic E-state index is 0.0718. The van der Waals surface area contributed by atoms with E-state index in [0.717, 1.165) is 25.1 Å². The van der Waals surface area contributed by atoms with Crippen LogP contribution in [0.3, 0.4) is 0 Å². The van der Waals surface area contributed by atoms with Crippen LogP contribution in [0, 0.1) is 5.92 Å². The lowest BCUT2D eigenvalue weighted by Crippen LogP contribution is -2.23. The van der Waals surface area contributed by atoms with E-state index in [1.165, 1.54) is 22.3 Å². The molecule has 0 saturated heterocycles. The van der Waals surface area contributed by atoms with Crippen molar-refractivity contribution < 1.29 is 0 Å². The van der Waals surface area contributed by atoms with Crippen molar-refractivity contribution in [3.05, 3.63) is 41.2 Å². The molecule has 0 saturated carbocycles. The minimum Gasteiger partial charge on any atom is -0.324 e. The molecule has 0 radical (unpaired) electrons. The Morgan fingerprint density at radius 1 is 1.37 bits per heavy atom. The van der Waals surface area contributed by atoms with Gasteiger partial charge in [-0.3, -0.25) is 0 Å². The molecule has 2 N–H and O–H groups in total. The van der Waals surface area contributed by atoms with Gasteiger partial charge in [0.25, 0.3) is 0 Å². The SMILES string of the molecule is Cn1nnc(CC2CCCc3ccccc3C2N)n1. The van der Waals surface area contributed by atoms with E-state index in [1.54, 1.807) is 7.05 Å². The number of nitrogens with two attached hydrogens (primary N) is 1. The monoisotopic (exact) mass is 257 g/mol. The van der Waals surface area contributed by atoms with E-state index in [1.807, 2.05) is 0 Å². The van der Waals surface area contributed by atoms with Gasteiger partial charge in [-0.15, -0.1) is 10.2 Å². The maximum Gasteiger partial charge on any atom is 0.175 e. The van der Waals surface area contributed by atoms with Crippen LogP contribution in [-0.4, -0.2) is 20.2 Å². The zero-order chi connectivity index (χ0) is 13.2. The molecule has 19 heavy (non-hydrogen) atoms. The first-order valence-corrected chi connectivity index (χ1v) is 6.80. The molecule has 0 aliphatic heterocycles. The highest BCUT2D eigenvalue weighted by atomic mass is 15.6. The van der Waals surface area contributed by atoms with Crippen molar-refractivity contribution >= 4 is 0 Å². The van der Waals surface area contributed by atoms with Crippen molar-refractivity contribution in [2.45, 2.75) is 31.7 Å². The molecule has 5 nitrogen and oxygen atoms in total. The molecule has 1 aromatic carbocycles. The zero-order valence-electron chi connectivity index (χ0n) is 11.2. The van der Waals surface area contributed by atoms with Crippen molar-refractivity contribution in [2.75, 3.05) is 0 Å². The van der Waals surface area contributed by atoms with Crippen molar-refractivity contribution in [2.24, 2.45) is 18.7 Å². The highest BCUT2D eigenvalue weighted by Crippen LogP contribution is 2.32. The number of aryl methyl sites for hydroxylation is 2. The van der Waals surface area contributed by atoms with Gasteiger partial charge in [-0.25, -0.2) is 0 Å². The van der Waals surface area contributed by atoms with E-state index in [4.69, 9.17) is 5.73 Å². The summed E-state index contributed by atoms with van der Waals surface area (Å²) in [5, 5.41) is 12.2. The van der Waals surface area contributed by atoms with Crippen LogP contribution in [0.5, 0.6) is 0 Å². The number of hydrogen-bond acceptors (Lipinski definition) is 4. The molecule has 1 aliphatic carbocycles. The molecule has 0 bridgehead atoms. The number of hydrogen-bond donors (Lipinski definition) is 1. The standard InChI is InChI=1S/C14H19N5/c1-19-17-13(16-18-19)9-11-7-4-6-10-5-2-3-8-12(10)14(11)15/h2-3,5,8,11,14H,4,6-7,9,15H2,1H3. The lowest BCUT2D eigenvalue weighted by Gasteiger charge is -2.21. The summed E-state index contributed by atoms with van der Waals surface area (Å²) < 4.78 is 0. The van der Waals surface area contributed by atoms with Crippen LogP contribution in [0.4, 0.5) is 0 Å². The third kappa shape index (κ3) is 2.51. The molecule has 2 atom stereocenters. The molecule has 0 amide bonds. The van der Waals surface area contributed by atoms with Crippen LogP contribution >= 0.6 is 0 Å². The normalized spacial score (nSPS) is 22.8. The molecule has 2 aromatic rings. The first-order chi connectivity index (χ1) is 9.24. The van der Waals surface area contributed by atoms with Crippen LogP contribution in [0.2, 0.25) is 0 Å². The summed E-state index contributed by atoms with van der Waals surface area (Å²) in [5.74, 6) is 1.19. The molecule has 2 unspecified atom stereocenters. The molecule has 100 valence electrons. The molecule has 0 spiro atoms. The lowest BCUT2D eigenvalue weighted by molar-refractivity contribution is 0.394. The van der Waals surface area contributed by atoms with E-state index in [9.17, 15) is 0 Å². The van der Waals surface area contributed by atoms with Gasteiger partial charge in [0.05, 0.1) is 7.05 Å². The van der Waals surface area contributed by atoms with Gasteiger partial charge < -0.3 is 5.73 Å². The predicted molar refractivity (Wildman–Crippen MR) is 72.3 cm³/mol.